The summed E-state index contributed by atoms with van der Waals surface area (Å²) in [5, 5.41) is 15.6. The lowest BCUT2D eigenvalue weighted by Crippen LogP contribution is -2.40. The lowest BCUT2D eigenvalue weighted by molar-refractivity contribution is -0.384. The molecule has 28 heavy (non-hydrogen) atoms. The zero-order valence-corrected chi connectivity index (χ0v) is 15.4. The van der Waals surface area contributed by atoms with Crippen molar-refractivity contribution in [3.8, 4) is 0 Å². The van der Waals surface area contributed by atoms with Gasteiger partial charge < -0.3 is 15.4 Å². The quantitative estimate of drug-likeness (QED) is 0.414. The molecule has 146 valence electrons. The van der Waals surface area contributed by atoms with Crippen LogP contribution in [0.5, 0.6) is 0 Å². The van der Waals surface area contributed by atoms with Gasteiger partial charge in [0.25, 0.3) is 17.5 Å². The van der Waals surface area contributed by atoms with Gasteiger partial charge in [-0.2, -0.15) is 0 Å². The highest BCUT2D eigenvalue weighted by atomic mass is 35.5. The van der Waals surface area contributed by atoms with E-state index in [2.05, 4.69) is 10.6 Å². The number of halogens is 1. The van der Waals surface area contributed by atoms with Gasteiger partial charge in [-0.25, -0.2) is 4.79 Å². The first-order valence-electron chi connectivity index (χ1n) is 8.04. The third kappa shape index (κ3) is 5.78. The summed E-state index contributed by atoms with van der Waals surface area (Å²) in [4.78, 5) is 46.0. The molecule has 0 aromatic heterocycles. The number of rotatable bonds is 7. The third-order valence-electron chi connectivity index (χ3n) is 3.51. The largest absolute Gasteiger partial charge is 0.454 e. The second kappa shape index (κ2) is 9.47. The van der Waals surface area contributed by atoms with Gasteiger partial charge in [-0.05, 0) is 31.2 Å². The van der Waals surface area contributed by atoms with Crippen molar-refractivity contribution in [2.75, 3.05) is 11.9 Å². The summed E-state index contributed by atoms with van der Waals surface area (Å²) in [7, 11) is 0. The fraction of sp³-hybridized carbons (Fsp3) is 0.167. The Hall–Kier alpha value is -3.46. The molecular formula is C18H16ClN3O6. The molecule has 1 atom stereocenters. The van der Waals surface area contributed by atoms with E-state index >= 15 is 0 Å². The first-order valence-corrected chi connectivity index (χ1v) is 8.42. The molecule has 0 spiro atoms. The Bertz CT molecular complexity index is 903. The Labute approximate surface area is 164 Å². The van der Waals surface area contributed by atoms with Gasteiger partial charge in [-0.3, -0.25) is 19.7 Å². The van der Waals surface area contributed by atoms with E-state index in [9.17, 15) is 24.5 Å². The van der Waals surface area contributed by atoms with E-state index in [0.717, 1.165) is 6.07 Å². The second-order valence-electron chi connectivity index (χ2n) is 5.64. The number of nitro groups is 1. The fourth-order valence-corrected chi connectivity index (χ4v) is 2.30. The Kier molecular flexibility index (Phi) is 7.05. The van der Waals surface area contributed by atoms with E-state index in [1.165, 1.54) is 19.1 Å². The maximum atomic E-state index is 12.0. The molecule has 0 saturated heterocycles. The van der Waals surface area contributed by atoms with Crippen LogP contribution in [0.1, 0.15) is 17.3 Å². The number of anilines is 1. The number of carbonyl (C=O) groups excluding carboxylic acids is 3. The number of ether oxygens (including phenoxy) is 1. The van der Waals surface area contributed by atoms with Crippen LogP contribution in [0.2, 0.25) is 5.02 Å². The van der Waals surface area contributed by atoms with Crippen LogP contribution >= 0.6 is 11.6 Å². The van der Waals surface area contributed by atoms with Crippen molar-refractivity contribution in [3.05, 3.63) is 69.2 Å². The topological polar surface area (TPSA) is 128 Å². The molecule has 0 aliphatic rings. The number of nitrogens with zero attached hydrogens (tertiary/aromatic N) is 1. The first kappa shape index (κ1) is 20.8. The highest BCUT2D eigenvalue weighted by molar-refractivity contribution is 6.32. The summed E-state index contributed by atoms with van der Waals surface area (Å²) in [6.07, 6.45) is 0. The van der Waals surface area contributed by atoms with Crippen molar-refractivity contribution in [1.29, 1.82) is 0 Å². The molecule has 0 bridgehead atoms. The second-order valence-corrected chi connectivity index (χ2v) is 6.05. The number of esters is 1. The predicted molar refractivity (Wildman–Crippen MR) is 101 cm³/mol. The van der Waals surface area contributed by atoms with Crippen LogP contribution in [0.15, 0.2) is 48.5 Å². The van der Waals surface area contributed by atoms with Crippen molar-refractivity contribution in [3.63, 3.8) is 0 Å². The van der Waals surface area contributed by atoms with Crippen molar-refractivity contribution < 1.29 is 24.0 Å². The normalized spacial score (nSPS) is 11.2. The summed E-state index contributed by atoms with van der Waals surface area (Å²) in [5.41, 5.74) is 0.139. The van der Waals surface area contributed by atoms with Crippen molar-refractivity contribution in [2.24, 2.45) is 0 Å². The van der Waals surface area contributed by atoms with E-state index < -0.39 is 35.4 Å². The lowest BCUT2D eigenvalue weighted by atomic mass is 10.2. The maximum Gasteiger partial charge on any atom is 0.328 e. The Balaban J connectivity index is 1.85. The monoisotopic (exact) mass is 405 g/mol. The molecule has 2 aromatic carbocycles. The smallest absolute Gasteiger partial charge is 0.328 e. The molecule has 0 radical (unpaired) electrons. The first-order chi connectivity index (χ1) is 13.3. The average molecular weight is 406 g/mol. The van der Waals surface area contributed by atoms with Crippen LogP contribution in [0.4, 0.5) is 11.4 Å². The van der Waals surface area contributed by atoms with Gasteiger partial charge >= 0.3 is 5.97 Å². The molecule has 0 heterocycles. The summed E-state index contributed by atoms with van der Waals surface area (Å²) in [6, 6.07) is 11.1. The van der Waals surface area contributed by atoms with E-state index in [0.29, 0.717) is 5.56 Å². The zero-order valence-electron chi connectivity index (χ0n) is 14.7. The SMILES string of the molecule is C[C@H](NC(=O)c1ccccc1)C(=O)OCC(=O)Nc1ccc(Cl)c([N+](=O)[O-])c1. The van der Waals surface area contributed by atoms with Crippen LogP contribution < -0.4 is 10.6 Å². The van der Waals surface area contributed by atoms with Gasteiger partial charge in [0.2, 0.25) is 0 Å². The van der Waals surface area contributed by atoms with Gasteiger partial charge in [0.15, 0.2) is 6.61 Å². The molecule has 0 saturated carbocycles. The third-order valence-corrected chi connectivity index (χ3v) is 3.83. The van der Waals surface area contributed by atoms with Crippen LogP contribution in [0.25, 0.3) is 0 Å². The van der Waals surface area contributed by atoms with Crippen LogP contribution in [-0.4, -0.2) is 35.4 Å². The minimum atomic E-state index is -0.975. The molecule has 2 N–H and O–H groups in total. The predicted octanol–water partition coefficient (Wildman–Crippen LogP) is 2.55. The fourth-order valence-electron chi connectivity index (χ4n) is 2.12. The summed E-state index contributed by atoms with van der Waals surface area (Å²) in [6.45, 7) is 0.796. The number of carbonyl (C=O) groups is 3. The van der Waals surface area contributed by atoms with Crippen LogP contribution in [-0.2, 0) is 14.3 Å². The Morgan fingerprint density at radius 3 is 2.50 bits per heavy atom. The molecule has 2 rings (SSSR count). The number of hydrogen-bond donors (Lipinski definition) is 2. The zero-order chi connectivity index (χ0) is 20.7. The van der Waals surface area contributed by atoms with Gasteiger partial charge in [0.1, 0.15) is 11.1 Å². The number of nitrogens with one attached hydrogen (secondary N) is 2. The molecule has 0 aliphatic carbocycles. The van der Waals surface area contributed by atoms with E-state index in [1.807, 2.05) is 0 Å². The number of amides is 2. The van der Waals surface area contributed by atoms with Gasteiger partial charge in [0, 0.05) is 17.3 Å². The molecule has 0 unspecified atom stereocenters. The van der Waals surface area contributed by atoms with Crippen molar-refractivity contribution in [2.45, 2.75) is 13.0 Å². The van der Waals surface area contributed by atoms with Gasteiger partial charge in [-0.1, -0.05) is 29.8 Å². The minimum absolute atomic E-state index is 0.0718. The molecule has 2 aromatic rings. The van der Waals surface area contributed by atoms with E-state index in [1.54, 1.807) is 30.3 Å². The van der Waals surface area contributed by atoms with E-state index in [-0.39, 0.29) is 16.4 Å². The Morgan fingerprint density at radius 2 is 1.86 bits per heavy atom. The molecule has 0 fully saturated rings. The molecule has 10 heteroatoms. The van der Waals surface area contributed by atoms with Crippen LogP contribution in [0.3, 0.4) is 0 Å². The summed E-state index contributed by atoms with van der Waals surface area (Å²) >= 11 is 5.69. The van der Waals surface area contributed by atoms with Gasteiger partial charge in [0.05, 0.1) is 4.92 Å². The van der Waals surface area contributed by atoms with Crippen molar-refractivity contribution >= 4 is 40.8 Å². The highest BCUT2D eigenvalue weighted by Gasteiger charge is 2.19. The molecule has 9 nitrogen and oxygen atoms in total. The van der Waals surface area contributed by atoms with Crippen LogP contribution in [0, 0.1) is 10.1 Å². The summed E-state index contributed by atoms with van der Waals surface area (Å²) < 4.78 is 4.85. The standard InChI is InChI=1S/C18H16ClN3O6/c1-11(20-17(24)12-5-3-2-4-6-12)18(25)28-10-16(23)21-13-7-8-14(19)15(9-13)22(26)27/h2-9,11H,10H2,1H3,(H,20,24)(H,21,23)/t11-/m0/s1. The molecule has 0 aliphatic heterocycles. The van der Waals surface area contributed by atoms with Crippen molar-refractivity contribution in [1.82, 2.24) is 5.32 Å². The number of benzene rings is 2. The average Bonchev–Trinajstić information content (AvgIpc) is 2.67. The lowest BCUT2D eigenvalue weighted by Gasteiger charge is -2.13. The Morgan fingerprint density at radius 1 is 1.18 bits per heavy atom. The number of hydrogen-bond acceptors (Lipinski definition) is 6. The maximum absolute atomic E-state index is 12.0. The highest BCUT2D eigenvalue weighted by Crippen LogP contribution is 2.27. The van der Waals surface area contributed by atoms with E-state index in [4.69, 9.17) is 16.3 Å². The number of nitro benzene ring substituents is 1. The minimum Gasteiger partial charge on any atom is -0.454 e. The summed E-state index contributed by atoms with van der Waals surface area (Å²) in [5.74, 6) is -1.96. The van der Waals surface area contributed by atoms with Gasteiger partial charge in [-0.15, -0.1) is 0 Å². The molecular weight excluding hydrogens is 390 g/mol. The molecule has 2 amide bonds.